The molecule has 1 saturated carbocycles. The van der Waals surface area contributed by atoms with Crippen molar-refractivity contribution in [3.8, 4) is 0 Å². The quantitative estimate of drug-likeness (QED) is 0.634. The van der Waals surface area contributed by atoms with Crippen molar-refractivity contribution in [2.45, 2.75) is 31.4 Å². The van der Waals surface area contributed by atoms with Gasteiger partial charge in [-0.3, -0.25) is 9.36 Å². The Labute approximate surface area is 169 Å². The molecule has 0 spiro atoms. The van der Waals surface area contributed by atoms with Crippen molar-refractivity contribution in [3.63, 3.8) is 0 Å². The number of halogens is 2. The van der Waals surface area contributed by atoms with Crippen LogP contribution < -0.4 is 22.0 Å². The molecule has 1 aliphatic carbocycles. The molecule has 0 amide bonds. The number of benzene rings is 2. The molecule has 0 radical (unpaired) electrons. The highest BCUT2D eigenvalue weighted by Crippen LogP contribution is 2.42. The van der Waals surface area contributed by atoms with Gasteiger partial charge >= 0.3 is 5.69 Å². The lowest BCUT2D eigenvalue weighted by Gasteiger charge is -2.48. The van der Waals surface area contributed by atoms with Gasteiger partial charge in [-0.1, -0.05) is 12.1 Å². The number of aliphatic hydroxyl groups is 1. The number of fused-ring (bicyclic) bond motifs is 1. The van der Waals surface area contributed by atoms with Gasteiger partial charge in [0.05, 0.1) is 29.7 Å². The number of aryl methyl sites for hydroxylation is 1. The molecule has 0 unspecified atom stereocenters. The second-order valence-corrected chi connectivity index (χ2v) is 8.18. The van der Waals surface area contributed by atoms with Crippen LogP contribution in [0.5, 0.6) is 0 Å². The number of hydrogen-bond donors (Lipinski definition) is 2. The second kappa shape index (κ2) is 6.15. The number of anilines is 1. The van der Waals surface area contributed by atoms with Crippen molar-refractivity contribution in [1.82, 2.24) is 9.24 Å². The molecule has 2 aliphatic rings. The zero-order chi connectivity index (χ0) is 21.4. The number of β-amino-alcohol motifs (C(OH)–C–C–N with tert-alkyl or cyclic N) is 1. The summed E-state index contributed by atoms with van der Waals surface area (Å²) in [6.07, 6.45) is 1.57. The Morgan fingerprint density at radius 2 is 1.77 bits per heavy atom. The molecule has 9 heteroatoms. The van der Waals surface area contributed by atoms with Crippen molar-refractivity contribution in [1.29, 1.82) is 0 Å². The standard InChI is InChI=1S/C21H20F2N4O3/c1-11-17-15(19(28)27(24)20(29)26(17)14-6-7-14)8-16(23)18(11)25-9-21(30,10-25)12-2-4-13(22)5-3-12/h2-5,8,14,30H,6-7,9-10,24H2,1H3. The summed E-state index contributed by atoms with van der Waals surface area (Å²) in [5, 5.41) is 10.9. The minimum absolute atomic E-state index is 0.0528. The van der Waals surface area contributed by atoms with Gasteiger partial charge in [0.1, 0.15) is 17.2 Å². The van der Waals surface area contributed by atoms with Gasteiger partial charge < -0.3 is 15.8 Å². The number of nitrogen functional groups attached to an aromatic ring is 1. The SMILES string of the molecule is Cc1c(N2CC(O)(c3ccc(F)cc3)C2)c(F)cc2c(=O)n(N)c(=O)n(C3CC3)c12. The molecular weight excluding hydrogens is 394 g/mol. The van der Waals surface area contributed by atoms with E-state index in [1.165, 1.54) is 28.8 Å². The molecular formula is C21H20F2N4O3. The third-order valence-electron chi connectivity index (χ3n) is 6.08. The molecule has 2 heterocycles. The molecule has 2 fully saturated rings. The van der Waals surface area contributed by atoms with Gasteiger partial charge in [0.25, 0.3) is 5.56 Å². The summed E-state index contributed by atoms with van der Waals surface area (Å²) in [6, 6.07) is 6.58. The molecule has 1 saturated heterocycles. The first kappa shape index (κ1) is 18.8. The highest BCUT2D eigenvalue weighted by molar-refractivity contribution is 5.87. The van der Waals surface area contributed by atoms with Crippen molar-refractivity contribution >= 4 is 16.6 Å². The smallest absolute Gasteiger partial charge is 0.350 e. The van der Waals surface area contributed by atoms with E-state index in [4.69, 9.17) is 5.84 Å². The molecule has 3 aromatic rings. The number of aromatic nitrogens is 2. The maximum absolute atomic E-state index is 15.1. The van der Waals surface area contributed by atoms with Gasteiger partial charge in [-0.2, -0.15) is 4.68 Å². The number of nitrogens with two attached hydrogens (primary N) is 1. The highest BCUT2D eigenvalue weighted by atomic mass is 19.1. The lowest BCUT2D eigenvalue weighted by Crippen LogP contribution is -2.60. The van der Waals surface area contributed by atoms with E-state index in [2.05, 4.69) is 0 Å². The summed E-state index contributed by atoms with van der Waals surface area (Å²) in [7, 11) is 0. The van der Waals surface area contributed by atoms with E-state index >= 15 is 4.39 Å². The minimum Gasteiger partial charge on any atom is -0.381 e. The van der Waals surface area contributed by atoms with Gasteiger partial charge in [-0.05, 0) is 43.5 Å². The molecule has 3 N–H and O–H groups in total. The van der Waals surface area contributed by atoms with E-state index in [0.29, 0.717) is 21.3 Å². The summed E-state index contributed by atoms with van der Waals surface area (Å²) in [5.74, 6) is 4.61. The molecule has 0 bridgehead atoms. The molecule has 5 rings (SSSR count). The average Bonchev–Trinajstić information content (AvgIpc) is 3.51. The van der Waals surface area contributed by atoms with Crippen LogP contribution in [0.4, 0.5) is 14.5 Å². The third-order valence-corrected chi connectivity index (χ3v) is 6.08. The molecule has 0 atom stereocenters. The summed E-state index contributed by atoms with van der Waals surface area (Å²) in [4.78, 5) is 26.8. The Bertz CT molecular complexity index is 1300. The fourth-order valence-corrected chi connectivity index (χ4v) is 4.40. The molecule has 30 heavy (non-hydrogen) atoms. The highest BCUT2D eigenvalue weighted by Gasteiger charge is 2.44. The Morgan fingerprint density at radius 3 is 2.37 bits per heavy atom. The first-order chi connectivity index (χ1) is 14.2. The fraction of sp³-hybridized carbons (Fsp3) is 0.333. The van der Waals surface area contributed by atoms with E-state index in [1.54, 1.807) is 11.8 Å². The molecule has 2 aromatic carbocycles. The number of hydrogen-bond acceptors (Lipinski definition) is 5. The molecule has 156 valence electrons. The van der Waals surface area contributed by atoms with E-state index in [-0.39, 0.29) is 30.2 Å². The zero-order valence-electron chi connectivity index (χ0n) is 16.2. The van der Waals surface area contributed by atoms with Crippen LogP contribution >= 0.6 is 0 Å². The van der Waals surface area contributed by atoms with Crippen molar-refractivity contribution in [3.05, 3.63) is 73.9 Å². The van der Waals surface area contributed by atoms with Crippen LogP contribution in [-0.2, 0) is 5.60 Å². The predicted octanol–water partition coefficient (Wildman–Crippen LogP) is 1.51. The summed E-state index contributed by atoms with van der Waals surface area (Å²) < 4.78 is 30.3. The van der Waals surface area contributed by atoms with E-state index in [1.807, 2.05) is 0 Å². The first-order valence-electron chi connectivity index (χ1n) is 9.70. The van der Waals surface area contributed by atoms with Crippen LogP contribution in [0.25, 0.3) is 10.9 Å². The lowest BCUT2D eigenvalue weighted by atomic mass is 9.85. The molecule has 7 nitrogen and oxygen atoms in total. The minimum atomic E-state index is -1.24. The van der Waals surface area contributed by atoms with Crippen LogP contribution in [-0.4, -0.2) is 27.4 Å². The Balaban J connectivity index is 1.62. The van der Waals surface area contributed by atoms with Crippen molar-refractivity contribution in [2.24, 2.45) is 0 Å². The van der Waals surface area contributed by atoms with Crippen molar-refractivity contribution in [2.75, 3.05) is 23.8 Å². The van der Waals surface area contributed by atoms with Gasteiger partial charge in [0.15, 0.2) is 0 Å². The summed E-state index contributed by atoms with van der Waals surface area (Å²) in [5.41, 5.74) is -1.000. The van der Waals surface area contributed by atoms with E-state index in [9.17, 15) is 19.1 Å². The van der Waals surface area contributed by atoms with Gasteiger partial charge in [-0.15, -0.1) is 0 Å². The summed E-state index contributed by atoms with van der Waals surface area (Å²) >= 11 is 0. The average molecular weight is 414 g/mol. The maximum Gasteiger partial charge on any atom is 0.350 e. The van der Waals surface area contributed by atoms with Gasteiger partial charge in [0.2, 0.25) is 0 Å². The van der Waals surface area contributed by atoms with Gasteiger partial charge in [0, 0.05) is 11.6 Å². The third kappa shape index (κ3) is 2.58. The van der Waals surface area contributed by atoms with E-state index < -0.39 is 28.5 Å². The van der Waals surface area contributed by atoms with Crippen LogP contribution in [0.3, 0.4) is 0 Å². The monoisotopic (exact) mass is 414 g/mol. The topological polar surface area (TPSA) is 93.5 Å². The Morgan fingerprint density at radius 1 is 1.13 bits per heavy atom. The molecule has 1 aliphatic heterocycles. The van der Waals surface area contributed by atoms with Crippen LogP contribution in [0.2, 0.25) is 0 Å². The lowest BCUT2D eigenvalue weighted by molar-refractivity contribution is 0.00708. The van der Waals surface area contributed by atoms with Gasteiger partial charge in [-0.25, -0.2) is 13.6 Å². The zero-order valence-corrected chi connectivity index (χ0v) is 16.2. The second-order valence-electron chi connectivity index (χ2n) is 8.18. The van der Waals surface area contributed by atoms with Crippen LogP contribution in [0, 0.1) is 18.6 Å². The van der Waals surface area contributed by atoms with E-state index in [0.717, 1.165) is 18.9 Å². The number of rotatable bonds is 3. The Kier molecular flexibility index (Phi) is 3.85. The summed E-state index contributed by atoms with van der Waals surface area (Å²) in [6.45, 7) is 1.86. The first-order valence-corrected chi connectivity index (χ1v) is 9.70. The van der Waals surface area contributed by atoms with Crippen LogP contribution in [0.15, 0.2) is 39.9 Å². The normalized spacial score (nSPS) is 17.9. The van der Waals surface area contributed by atoms with Crippen molar-refractivity contribution < 1.29 is 13.9 Å². The predicted molar refractivity (Wildman–Crippen MR) is 108 cm³/mol. The largest absolute Gasteiger partial charge is 0.381 e. The number of nitrogens with zero attached hydrogens (tertiary/aromatic N) is 3. The maximum atomic E-state index is 15.1. The Hall–Kier alpha value is -3.20. The fourth-order valence-electron chi connectivity index (χ4n) is 4.40. The van der Waals surface area contributed by atoms with Crippen LogP contribution in [0.1, 0.15) is 30.0 Å². The molecule has 1 aromatic heterocycles.